The molecule has 8 heteroatoms. The van der Waals surface area contributed by atoms with Crippen LogP contribution < -0.4 is 10.9 Å². The van der Waals surface area contributed by atoms with Crippen molar-refractivity contribution in [3.05, 3.63) is 64.4 Å². The molecule has 4 aromatic rings. The van der Waals surface area contributed by atoms with Gasteiger partial charge in [-0.25, -0.2) is 0 Å². The summed E-state index contributed by atoms with van der Waals surface area (Å²) in [5.74, 6) is 0.588. The monoisotopic (exact) mass is 435 g/mol. The fourth-order valence-electron chi connectivity index (χ4n) is 3.51. The van der Waals surface area contributed by atoms with Gasteiger partial charge in [-0.3, -0.25) is 18.6 Å². The number of anilines is 1. The molecule has 4 rings (SSSR count). The molecule has 0 fully saturated rings. The molecule has 0 aliphatic heterocycles. The molecule has 160 valence electrons. The van der Waals surface area contributed by atoms with E-state index in [1.54, 1.807) is 4.57 Å². The topological polar surface area (TPSA) is 81.3 Å². The van der Waals surface area contributed by atoms with Crippen molar-refractivity contribution in [1.82, 2.24) is 19.2 Å². The van der Waals surface area contributed by atoms with Crippen LogP contribution in [-0.2, 0) is 11.3 Å². The van der Waals surface area contributed by atoms with Crippen LogP contribution in [0.2, 0.25) is 0 Å². The number of unbranched alkanes of at least 4 members (excludes halogenated alkanes) is 2. The van der Waals surface area contributed by atoms with Gasteiger partial charge < -0.3 is 5.32 Å². The summed E-state index contributed by atoms with van der Waals surface area (Å²) in [6.45, 7) is 4.73. The number of aromatic nitrogens is 4. The molecule has 0 saturated heterocycles. The Morgan fingerprint density at radius 1 is 1.06 bits per heavy atom. The Balaban J connectivity index is 1.63. The van der Waals surface area contributed by atoms with Crippen LogP contribution in [0.3, 0.4) is 0 Å². The molecule has 2 aromatic heterocycles. The van der Waals surface area contributed by atoms with Gasteiger partial charge >= 0.3 is 0 Å². The quantitative estimate of drug-likeness (QED) is 0.330. The van der Waals surface area contributed by atoms with Gasteiger partial charge in [-0.1, -0.05) is 61.4 Å². The van der Waals surface area contributed by atoms with Gasteiger partial charge in [0.15, 0.2) is 5.16 Å². The molecule has 2 aromatic carbocycles. The lowest BCUT2D eigenvalue weighted by atomic mass is 10.2. The number of aryl methyl sites for hydroxylation is 2. The number of rotatable bonds is 8. The van der Waals surface area contributed by atoms with Gasteiger partial charge in [0.05, 0.1) is 16.7 Å². The number of amides is 1. The number of hydrogen-bond acceptors (Lipinski definition) is 5. The van der Waals surface area contributed by atoms with E-state index in [1.807, 2.05) is 59.9 Å². The standard InChI is InChI=1S/C23H25N5O2S/c1-3-4-7-14-27-21(30)18-8-5-6-9-19(18)28-22(27)25-26-23(28)31-15-20(29)24-17-12-10-16(2)11-13-17/h5-6,8-13H,3-4,7,14-15H2,1-2H3,(H,24,29). The number of fused-ring (bicyclic) bond motifs is 3. The van der Waals surface area contributed by atoms with Gasteiger partial charge in [-0.05, 0) is 37.6 Å². The molecule has 0 unspecified atom stereocenters. The number of hydrogen-bond donors (Lipinski definition) is 1. The predicted molar refractivity (Wildman–Crippen MR) is 125 cm³/mol. The van der Waals surface area contributed by atoms with Crippen molar-refractivity contribution < 1.29 is 4.79 Å². The summed E-state index contributed by atoms with van der Waals surface area (Å²) in [6.07, 6.45) is 3.02. The van der Waals surface area contributed by atoms with E-state index in [1.165, 1.54) is 11.8 Å². The minimum Gasteiger partial charge on any atom is -0.325 e. The minimum atomic E-state index is -0.119. The molecule has 1 amide bonds. The summed E-state index contributed by atoms with van der Waals surface area (Å²) >= 11 is 1.31. The van der Waals surface area contributed by atoms with Crippen molar-refractivity contribution in [3.8, 4) is 0 Å². The molecule has 0 atom stereocenters. The van der Waals surface area contributed by atoms with E-state index in [-0.39, 0.29) is 17.2 Å². The van der Waals surface area contributed by atoms with Gasteiger partial charge in [0.2, 0.25) is 11.7 Å². The van der Waals surface area contributed by atoms with Crippen molar-refractivity contribution >= 4 is 40.0 Å². The summed E-state index contributed by atoms with van der Waals surface area (Å²) in [7, 11) is 0. The number of para-hydroxylation sites is 1. The van der Waals surface area contributed by atoms with Crippen molar-refractivity contribution in [2.45, 2.75) is 44.8 Å². The smallest absolute Gasteiger partial charge is 0.262 e. The van der Waals surface area contributed by atoms with Crippen molar-refractivity contribution in [2.75, 3.05) is 11.1 Å². The molecule has 7 nitrogen and oxygen atoms in total. The molecule has 0 bridgehead atoms. The molecular weight excluding hydrogens is 410 g/mol. The molecule has 0 aliphatic rings. The average Bonchev–Trinajstić information content (AvgIpc) is 3.20. The van der Waals surface area contributed by atoms with Crippen molar-refractivity contribution in [2.24, 2.45) is 0 Å². The molecule has 1 N–H and O–H groups in total. The number of carbonyl (C=O) groups is 1. The third-order valence-electron chi connectivity index (χ3n) is 5.13. The first-order valence-electron chi connectivity index (χ1n) is 10.4. The Hall–Kier alpha value is -3.13. The Bertz CT molecular complexity index is 1280. The summed E-state index contributed by atoms with van der Waals surface area (Å²) in [4.78, 5) is 25.5. The zero-order chi connectivity index (χ0) is 21.8. The van der Waals surface area contributed by atoms with Crippen molar-refractivity contribution in [1.29, 1.82) is 0 Å². The molecule has 0 aliphatic carbocycles. The molecule has 2 heterocycles. The van der Waals surface area contributed by atoms with Gasteiger partial charge in [0, 0.05) is 12.2 Å². The highest BCUT2D eigenvalue weighted by Gasteiger charge is 2.17. The summed E-state index contributed by atoms with van der Waals surface area (Å²) in [6, 6.07) is 15.1. The maximum Gasteiger partial charge on any atom is 0.262 e. The maximum absolute atomic E-state index is 13.1. The Morgan fingerprint density at radius 3 is 2.61 bits per heavy atom. The molecule has 31 heavy (non-hydrogen) atoms. The van der Waals surface area contributed by atoms with Gasteiger partial charge in [-0.15, -0.1) is 10.2 Å². The summed E-state index contributed by atoms with van der Waals surface area (Å²) < 4.78 is 3.58. The molecular formula is C23H25N5O2S. The van der Waals surface area contributed by atoms with Crippen LogP contribution in [0.5, 0.6) is 0 Å². The Kier molecular flexibility index (Phi) is 6.36. The van der Waals surface area contributed by atoms with Crippen molar-refractivity contribution in [3.63, 3.8) is 0 Å². The highest BCUT2D eigenvalue weighted by molar-refractivity contribution is 7.99. The fraction of sp³-hybridized carbons (Fsp3) is 0.304. The third-order valence-corrected chi connectivity index (χ3v) is 6.06. The van der Waals surface area contributed by atoms with Crippen LogP contribution >= 0.6 is 11.8 Å². The second kappa shape index (κ2) is 9.34. The summed E-state index contributed by atoms with van der Waals surface area (Å²) in [5, 5.41) is 12.7. The predicted octanol–water partition coefficient (Wildman–Crippen LogP) is 4.27. The van der Waals surface area contributed by atoms with E-state index >= 15 is 0 Å². The summed E-state index contributed by atoms with van der Waals surface area (Å²) in [5.41, 5.74) is 2.60. The average molecular weight is 436 g/mol. The fourth-order valence-corrected chi connectivity index (χ4v) is 4.25. The Labute approximate surface area is 184 Å². The highest BCUT2D eigenvalue weighted by atomic mass is 32.2. The van der Waals surface area contributed by atoms with Gasteiger partial charge in [-0.2, -0.15) is 0 Å². The Morgan fingerprint density at radius 2 is 1.84 bits per heavy atom. The van der Waals surface area contributed by atoms with Crippen LogP contribution in [0.15, 0.2) is 58.5 Å². The lowest BCUT2D eigenvalue weighted by Gasteiger charge is -2.11. The highest BCUT2D eigenvalue weighted by Crippen LogP contribution is 2.22. The second-order valence-electron chi connectivity index (χ2n) is 7.50. The number of nitrogens with one attached hydrogen (secondary N) is 1. The number of benzene rings is 2. The zero-order valence-corrected chi connectivity index (χ0v) is 18.5. The lowest BCUT2D eigenvalue weighted by Crippen LogP contribution is -2.23. The molecule has 0 radical (unpaired) electrons. The number of thioether (sulfide) groups is 1. The van der Waals surface area contributed by atoms with Crippen LogP contribution in [0, 0.1) is 6.92 Å². The van der Waals surface area contributed by atoms with Crippen LogP contribution in [0.4, 0.5) is 5.69 Å². The SMILES string of the molecule is CCCCCn1c(=O)c2ccccc2n2c(SCC(=O)Nc3ccc(C)cc3)nnc12. The van der Waals surface area contributed by atoms with E-state index in [2.05, 4.69) is 22.4 Å². The van der Waals surface area contributed by atoms with Gasteiger partial charge in [0.25, 0.3) is 5.56 Å². The molecule has 0 saturated carbocycles. The van der Waals surface area contributed by atoms with E-state index in [9.17, 15) is 9.59 Å². The van der Waals surface area contributed by atoms with Gasteiger partial charge in [0.1, 0.15) is 0 Å². The van der Waals surface area contributed by atoms with Crippen LogP contribution in [-0.4, -0.2) is 30.8 Å². The second-order valence-corrected chi connectivity index (χ2v) is 8.44. The van der Waals surface area contributed by atoms with E-state index in [0.717, 1.165) is 36.0 Å². The van der Waals surface area contributed by atoms with E-state index < -0.39 is 0 Å². The van der Waals surface area contributed by atoms with Crippen LogP contribution in [0.25, 0.3) is 16.7 Å². The normalized spacial score (nSPS) is 11.3. The first kappa shape index (κ1) is 21.1. The lowest BCUT2D eigenvalue weighted by molar-refractivity contribution is -0.113. The van der Waals surface area contributed by atoms with E-state index in [4.69, 9.17) is 0 Å². The zero-order valence-electron chi connectivity index (χ0n) is 17.7. The number of nitrogens with zero attached hydrogens (tertiary/aromatic N) is 4. The minimum absolute atomic E-state index is 0.0553. The van der Waals surface area contributed by atoms with E-state index in [0.29, 0.717) is 22.9 Å². The largest absolute Gasteiger partial charge is 0.325 e. The number of carbonyl (C=O) groups excluding carboxylic acids is 1. The van der Waals surface area contributed by atoms with Crippen LogP contribution in [0.1, 0.15) is 31.7 Å². The third kappa shape index (κ3) is 4.49. The maximum atomic E-state index is 13.1. The first-order chi connectivity index (χ1) is 15.1. The first-order valence-corrected chi connectivity index (χ1v) is 11.4. The molecule has 0 spiro atoms.